The van der Waals surface area contributed by atoms with E-state index in [0.717, 1.165) is 17.5 Å². The number of sulfonamides is 1. The summed E-state index contributed by atoms with van der Waals surface area (Å²) in [6, 6.07) is 1.50. The van der Waals surface area contributed by atoms with E-state index < -0.39 is 39.1 Å². The summed E-state index contributed by atoms with van der Waals surface area (Å²) in [6.45, 7) is 0. The third-order valence-corrected chi connectivity index (χ3v) is 6.00. The van der Waals surface area contributed by atoms with Gasteiger partial charge in [-0.05, 0) is 12.1 Å². The minimum absolute atomic E-state index is 0.109. The van der Waals surface area contributed by atoms with Crippen LogP contribution in [0.1, 0.15) is 5.56 Å². The summed E-state index contributed by atoms with van der Waals surface area (Å²) in [6.07, 6.45) is -4.00. The fourth-order valence-electron chi connectivity index (χ4n) is 2.10. The van der Waals surface area contributed by atoms with Gasteiger partial charge in [-0.3, -0.25) is 4.72 Å². The molecule has 0 spiro atoms. The van der Waals surface area contributed by atoms with E-state index in [0.29, 0.717) is 9.85 Å². The fourth-order valence-corrected chi connectivity index (χ4v) is 4.78. The lowest BCUT2D eigenvalue weighted by atomic mass is 10.2. The van der Waals surface area contributed by atoms with E-state index >= 15 is 0 Å². The molecule has 0 bridgehead atoms. The van der Waals surface area contributed by atoms with Gasteiger partial charge < -0.3 is 4.98 Å². The molecule has 0 amide bonds. The number of fused-ring (bicyclic) bond motifs is 1. The predicted molar refractivity (Wildman–Crippen MR) is 83.4 cm³/mol. The molecule has 0 saturated heterocycles. The number of anilines is 1. The summed E-state index contributed by atoms with van der Waals surface area (Å²) in [7, 11) is -4.39. The number of hydrogen-bond acceptors (Lipinski definition) is 3. The van der Waals surface area contributed by atoms with Crippen molar-refractivity contribution in [2.24, 2.45) is 0 Å². The molecule has 134 valence electrons. The summed E-state index contributed by atoms with van der Waals surface area (Å²) < 4.78 is 92.0. The topological polar surface area (TPSA) is 62.0 Å². The van der Waals surface area contributed by atoms with Crippen molar-refractivity contribution in [2.45, 2.75) is 11.1 Å². The molecule has 0 atom stereocenters. The first kappa shape index (κ1) is 18.0. The number of halogens is 6. The maximum Gasteiger partial charge on any atom is 0.419 e. The van der Waals surface area contributed by atoms with E-state index in [-0.39, 0.29) is 21.7 Å². The van der Waals surface area contributed by atoms with Crippen LogP contribution in [0, 0.1) is 11.6 Å². The quantitative estimate of drug-likeness (QED) is 0.591. The van der Waals surface area contributed by atoms with Crippen LogP contribution in [0.2, 0.25) is 4.34 Å². The van der Waals surface area contributed by atoms with Gasteiger partial charge in [-0.25, -0.2) is 17.2 Å². The van der Waals surface area contributed by atoms with Crippen LogP contribution in [-0.2, 0) is 16.2 Å². The maximum absolute atomic E-state index is 13.8. The summed E-state index contributed by atoms with van der Waals surface area (Å²) >= 11 is 6.71. The molecule has 4 nitrogen and oxygen atoms in total. The molecule has 0 aliphatic carbocycles. The second-order valence-corrected chi connectivity index (χ2v) is 8.20. The summed E-state index contributed by atoms with van der Waals surface area (Å²) in [5.74, 6) is -3.36. The summed E-state index contributed by atoms with van der Waals surface area (Å²) in [5.41, 5.74) is -2.36. The molecule has 0 radical (unpaired) electrons. The largest absolute Gasteiger partial charge is 0.419 e. The molecular weight excluding hydrogens is 411 g/mol. The standard InChI is InChI=1S/C13H6ClF5N2O2S2/c14-11-3-9-12(24-11)10(4-20-9)25(22,23)21-8-2-6(15)5(1-7(8)16)13(17,18)19/h1-4,20-21H. The van der Waals surface area contributed by atoms with Gasteiger partial charge in [0.25, 0.3) is 10.0 Å². The van der Waals surface area contributed by atoms with Gasteiger partial charge in [-0.1, -0.05) is 11.6 Å². The second kappa shape index (κ2) is 5.85. The molecule has 25 heavy (non-hydrogen) atoms. The number of H-pyrrole nitrogens is 1. The molecule has 0 fully saturated rings. The van der Waals surface area contributed by atoms with E-state index in [1.807, 2.05) is 0 Å². The lowest BCUT2D eigenvalue weighted by Gasteiger charge is -2.12. The zero-order chi connectivity index (χ0) is 18.6. The number of hydrogen-bond donors (Lipinski definition) is 2. The monoisotopic (exact) mass is 416 g/mol. The van der Waals surface area contributed by atoms with Crippen molar-refractivity contribution in [1.82, 2.24) is 4.98 Å². The van der Waals surface area contributed by atoms with E-state index in [4.69, 9.17) is 11.6 Å². The highest BCUT2D eigenvalue weighted by molar-refractivity contribution is 7.93. The highest BCUT2D eigenvalue weighted by Gasteiger charge is 2.35. The Hall–Kier alpha value is -1.85. The number of thiophene rings is 1. The minimum Gasteiger partial charge on any atom is -0.359 e. The summed E-state index contributed by atoms with van der Waals surface area (Å²) in [4.78, 5) is 2.35. The molecule has 0 aliphatic heterocycles. The predicted octanol–water partition coefficient (Wildman–Crippen LogP) is 4.98. The lowest BCUT2D eigenvalue weighted by molar-refractivity contribution is -0.140. The Labute approximate surface area is 146 Å². The first-order valence-corrected chi connectivity index (χ1v) is 9.02. The molecule has 0 unspecified atom stereocenters. The summed E-state index contributed by atoms with van der Waals surface area (Å²) in [5, 5.41) is 0. The average Bonchev–Trinajstić information content (AvgIpc) is 2.99. The highest BCUT2D eigenvalue weighted by atomic mass is 35.5. The zero-order valence-electron chi connectivity index (χ0n) is 11.7. The van der Waals surface area contributed by atoms with Gasteiger partial charge in [0, 0.05) is 12.3 Å². The van der Waals surface area contributed by atoms with Crippen molar-refractivity contribution in [3.8, 4) is 0 Å². The van der Waals surface area contributed by atoms with E-state index in [1.165, 1.54) is 6.07 Å². The van der Waals surface area contributed by atoms with Crippen LogP contribution in [0.25, 0.3) is 10.2 Å². The molecule has 2 aromatic heterocycles. The molecule has 3 aromatic rings. The number of aromatic nitrogens is 1. The molecule has 3 rings (SSSR count). The van der Waals surface area contributed by atoms with Gasteiger partial charge in [0.2, 0.25) is 0 Å². The molecule has 12 heteroatoms. The van der Waals surface area contributed by atoms with Crippen molar-refractivity contribution in [3.05, 3.63) is 45.9 Å². The van der Waals surface area contributed by atoms with Crippen molar-refractivity contribution in [2.75, 3.05) is 4.72 Å². The van der Waals surface area contributed by atoms with Crippen LogP contribution < -0.4 is 4.72 Å². The Morgan fingerprint density at radius 3 is 2.44 bits per heavy atom. The number of nitrogens with one attached hydrogen (secondary N) is 2. The third-order valence-electron chi connectivity index (χ3n) is 3.18. The molecule has 0 aliphatic rings. The van der Waals surface area contributed by atoms with Gasteiger partial charge in [0.05, 0.1) is 25.8 Å². The number of aromatic amines is 1. The lowest BCUT2D eigenvalue weighted by Crippen LogP contribution is -2.15. The van der Waals surface area contributed by atoms with Crippen LogP contribution in [0.5, 0.6) is 0 Å². The van der Waals surface area contributed by atoms with Crippen LogP contribution >= 0.6 is 22.9 Å². The van der Waals surface area contributed by atoms with E-state index in [9.17, 15) is 30.4 Å². The Bertz CT molecular complexity index is 1070. The fraction of sp³-hybridized carbons (Fsp3) is 0.0769. The highest BCUT2D eigenvalue weighted by Crippen LogP contribution is 2.36. The number of benzene rings is 1. The zero-order valence-corrected chi connectivity index (χ0v) is 14.1. The Morgan fingerprint density at radius 2 is 1.80 bits per heavy atom. The normalized spacial score (nSPS) is 12.7. The van der Waals surface area contributed by atoms with Crippen LogP contribution in [0.15, 0.2) is 29.3 Å². The van der Waals surface area contributed by atoms with Gasteiger partial charge in [0.15, 0.2) is 0 Å². The molecule has 0 saturated carbocycles. The van der Waals surface area contributed by atoms with Crippen LogP contribution in [-0.4, -0.2) is 13.4 Å². The molecule has 2 heterocycles. The van der Waals surface area contributed by atoms with Gasteiger partial charge in [-0.15, -0.1) is 11.3 Å². The number of alkyl halides is 3. The van der Waals surface area contributed by atoms with Crippen LogP contribution in [0.3, 0.4) is 0 Å². The molecular formula is C13H6ClF5N2O2S2. The first-order valence-electron chi connectivity index (χ1n) is 6.34. The van der Waals surface area contributed by atoms with Crippen molar-refractivity contribution in [3.63, 3.8) is 0 Å². The van der Waals surface area contributed by atoms with E-state index in [1.54, 1.807) is 4.72 Å². The van der Waals surface area contributed by atoms with Gasteiger partial charge >= 0.3 is 6.18 Å². The third kappa shape index (κ3) is 3.31. The minimum atomic E-state index is -5.11. The number of rotatable bonds is 3. The van der Waals surface area contributed by atoms with E-state index in [2.05, 4.69) is 4.98 Å². The maximum atomic E-state index is 13.8. The van der Waals surface area contributed by atoms with Gasteiger partial charge in [-0.2, -0.15) is 13.2 Å². The second-order valence-electron chi connectivity index (χ2n) is 4.86. The molecule has 1 aromatic carbocycles. The Morgan fingerprint density at radius 1 is 1.12 bits per heavy atom. The van der Waals surface area contributed by atoms with Gasteiger partial charge in [0.1, 0.15) is 16.5 Å². The Kier molecular flexibility index (Phi) is 4.20. The smallest absolute Gasteiger partial charge is 0.359 e. The van der Waals surface area contributed by atoms with Crippen LogP contribution in [0.4, 0.5) is 27.6 Å². The average molecular weight is 417 g/mol. The van der Waals surface area contributed by atoms with Crippen molar-refractivity contribution in [1.29, 1.82) is 0 Å². The first-order chi connectivity index (χ1) is 11.5. The van der Waals surface area contributed by atoms with Crippen molar-refractivity contribution >= 4 is 48.9 Å². The molecule has 2 N–H and O–H groups in total. The SMILES string of the molecule is O=S(=O)(Nc1cc(F)c(C(F)(F)F)cc1F)c1c[nH]c2cc(Cl)sc12. The Balaban J connectivity index is 2.03. The van der Waals surface area contributed by atoms with Crippen molar-refractivity contribution < 1.29 is 30.4 Å².